The molecule has 0 aliphatic heterocycles. The van der Waals surface area contributed by atoms with Gasteiger partial charge in [0.25, 0.3) is 16.8 Å². The summed E-state index contributed by atoms with van der Waals surface area (Å²) in [7, 11) is -2.97. The Morgan fingerprint density at radius 3 is 2.38 bits per heavy atom. The Morgan fingerprint density at radius 1 is 1.09 bits per heavy atom. The number of alkyl halides is 3. The maximum Gasteiger partial charge on any atom is 0.435 e. The topological polar surface area (TPSA) is 167 Å². The van der Waals surface area contributed by atoms with E-state index in [2.05, 4.69) is 20.0 Å². The zero-order chi connectivity index (χ0) is 33.2. The first-order valence-corrected chi connectivity index (χ1v) is 14.9. The molecule has 2 aromatic carbocycles. The fraction of sp³-hybridized carbons (Fsp3) is 0.370. The molecule has 1 amide bonds. The van der Waals surface area contributed by atoms with Crippen LogP contribution in [0.15, 0.2) is 64.8 Å². The lowest BCUT2D eigenvalue weighted by molar-refractivity contribution is -0.706. The molecule has 1 aromatic heterocycles. The quantitative estimate of drug-likeness (QED) is 0.0641. The first kappa shape index (κ1) is 34.6. The van der Waals surface area contributed by atoms with Crippen molar-refractivity contribution in [3.8, 4) is 16.9 Å². The van der Waals surface area contributed by atoms with Crippen molar-refractivity contribution in [1.29, 1.82) is 0 Å². The molecule has 45 heavy (non-hydrogen) atoms. The average Bonchev–Trinajstić information content (AvgIpc) is 3.45. The lowest BCUT2D eigenvalue weighted by Crippen LogP contribution is -2.31. The maximum absolute atomic E-state index is 13.5. The van der Waals surface area contributed by atoms with Gasteiger partial charge in [-0.1, -0.05) is 36.8 Å². The molecule has 18 heteroatoms. The SMILES string of the molecule is CCC(=O)OCO/N=[N+](\[O-])N(C)CCCCOC(=O)NS(=O)(=O)c1ccc(-n2nc(C(F)(F)F)cc2-c2ccc(C)cc2)cc1. The number of esters is 1. The Kier molecular flexibility index (Phi) is 11.7. The number of hydrogen-bond acceptors (Lipinski definition) is 10. The van der Waals surface area contributed by atoms with E-state index >= 15 is 0 Å². The third-order valence-electron chi connectivity index (χ3n) is 6.05. The van der Waals surface area contributed by atoms with Crippen LogP contribution in [0.25, 0.3) is 16.9 Å². The molecular weight excluding hydrogens is 625 g/mol. The summed E-state index contributed by atoms with van der Waals surface area (Å²) in [6, 6.07) is 12.4. The molecule has 3 aromatic rings. The summed E-state index contributed by atoms with van der Waals surface area (Å²) in [5.74, 6) is -0.519. The Bertz CT molecular complexity index is 1590. The Labute approximate surface area is 256 Å². The van der Waals surface area contributed by atoms with E-state index in [1.165, 1.54) is 19.2 Å². The van der Waals surface area contributed by atoms with Gasteiger partial charge in [0.2, 0.25) is 5.28 Å². The first-order chi connectivity index (χ1) is 21.2. The van der Waals surface area contributed by atoms with Crippen molar-refractivity contribution >= 4 is 22.1 Å². The number of carbonyl (C=O) groups is 2. The van der Waals surface area contributed by atoms with Gasteiger partial charge in [-0.15, -0.1) is 5.01 Å². The molecule has 14 nitrogen and oxygen atoms in total. The number of aromatic nitrogens is 2. The second-order valence-electron chi connectivity index (χ2n) is 9.47. The van der Waals surface area contributed by atoms with Gasteiger partial charge >= 0.3 is 18.2 Å². The van der Waals surface area contributed by atoms with Crippen molar-refractivity contribution in [1.82, 2.24) is 19.5 Å². The van der Waals surface area contributed by atoms with Crippen LogP contribution in [0.5, 0.6) is 0 Å². The zero-order valence-corrected chi connectivity index (χ0v) is 25.3. The van der Waals surface area contributed by atoms with Gasteiger partial charge in [-0.05, 0) is 50.1 Å². The monoisotopic (exact) mass is 656 g/mol. The summed E-state index contributed by atoms with van der Waals surface area (Å²) < 4.78 is 78.0. The molecule has 244 valence electrons. The molecule has 0 aliphatic rings. The van der Waals surface area contributed by atoms with Crippen molar-refractivity contribution in [3.63, 3.8) is 0 Å². The molecule has 0 unspecified atom stereocenters. The minimum atomic E-state index is -4.71. The molecule has 1 heterocycles. The predicted molar refractivity (Wildman–Crippen MR) is 151 cm³/mol. The van der Waals surface area contributed by atoms with Crippen LogP contribution < -0.4 is 4.72 Å². The lowest BCUT2D eigenvalue weighted by atomic mass is 10.1. The van der Waals surface area contributed by atoms with Crippen molar-refractivity contribution in [2.24, 2.45) is 5.28 Å². The summed E-state index contributed by atoms with van der Waals surface area (Å²) in [5, 5.41) is 19.8. The second kappa shape index (κ2) is 15.2. The number of carbonyl (C=O) groups excluding carboxylic acids is 2. The van der Waals surface area contributed by atoms with Crippen LogP contribution in [-0.2, 0) is 35.3 Å². The number of sulfonamides is 1. The maximum atomic E-state index is 13.5. The molecular formula is C27H31F3N6O8S. The fourth-order valence-corrected chi connectivity index (χ4v) is 4.52. The van der Waals surface area contributed by atoms with Crippen molar-refractivity contribution < 1.29 is 50.5 Å². The van der Waals surface area contributed by atoms with Gasteiger partial charge in [-0.2, -0.15) is 18.3 Å². The van der Waals surface area contributed by atoms with Gasteiger partial charge in [0.05, 0.1) is 41.4 Å². The molecule has 0 radical (unpaired) electrons. The highest BCUT2D eigenvalue weighted by Crippen LogP contribution is 2.33. The summed E-state index contributed by atoms with van der Waals surface area (Å²) >= 11 is 0. The standard InChI is InChI=1S/C27H31F3N6O8S/c1-4-25(37)43-18-44-33-36(39)34(3)15-5-6-16-42-26(38)32-45(40,41)22-13-11-21(12-14-22)35-23(17-24(31-35)27(28,29)30)20-9-7-19(2)8-10-20/h7-14,17H,4-6,15-16,18H2,1-3H3,(H,32,38)/b36-33-. The van der Waals surface area contributed by atoms with Crippen LogP contribution in [0.4, 0.5) is 18.0 Å². The third kappa shape index (κ3) is 10.1. The average molecular weight is 657 g/mol. The number of nitrogens with zero attached hydrogens (tertiary/aromatic N) is 5. The number of rotatable bonds is 14. The molecule has 0 saturated carbocycles. The number of hydrazine groups is 1. The Morgan fingerprint density at radius 2 is 1.76 bits per heavy atom. The van der Waals surface area contributed by atoms with E-state index in [1.54, 1.807) is 35.9 Å². The number of unbranched alkanes of at least 4 members (excludes halogenated alkanes) is 1. The highest BCUT2D eigenvalue weighted by molar-refractivity contribution is 7.90. The van der Waals surface area contributed by atoms with Crippen LogP contribution >= 0.6 is 0 Å². The summed E-state index contributed by atoms with van der Waals surface area (Å²) in [6.07, 6.45) is -5.19. The van der Waals surface area contributed by atoms with E-state index in [1.807, 2.05) is 6.92 Å². The van der Waals surface area contributed by atoms with Gasteiger partial charge in [0, 0.05) is 12.0 Å². The van der Waals surface area contributed by atoms with Gasteiger partial charge in [-0.25, -0.2) is 22.6 Å². The third-order valence-corrected chi connectivity index (χ3v) is 7.37. The Hall–Kier alpha value is -4.87. The van der Waals surface area contributed by atoms with Crippen LogP contribution in [0.3, 0.4) is 0 Å². The van der Waals surface area contributed by atoms with Gasteiger partial charge in [0.15, 0.2) is 5.69 Å². The number of ether oxygens (including phenoxy) is 2. The van der Waals surface area contributed by atoms with Crippen LogP contribution in [-0.4, -0.2) is 67.2 Å². The van der Waals surface area contributed by atoms with Crippen molar-refractivity contribution in [2.75, 3.05) is 27.0 Å². The number of amides is 1. The molecule has 0 bridgehead atoms. The van der Waals surface area contributed by atoms with Crippen LogP contribution in [0, 0.1) is 12.1 Å². The largest absolute Gasteiger partial charge is 0.569 e. The minimum absolute atomic E-state index is 0.135. The normalized spacial score (nSPS) is 12.0. The van der Waals surface area contributed by atoms with Crippen molar-refractivity contribution in [2.45, 2.75) is 44.2 Å². The van der Waals surface area contributed by atoms with E-state index in [0.717, 1.165) is 33.5 Å². The predicted octanol–water partition coefficient (Wildman–Crippen LogP) is 4.71. The molecule has 0 atom stereocenters. The van der Waals surface area contributed by atoms with Crippen LogP contribution in [0.2, 0.25) is 0 Å². The molecule has 0 spiro atoms. The second-order valence-corrected chi connectivity index (χ2v) is 11.1. The molecule has 1 N–H and O–H groups in total. The number of halogens is 3. The van der Waals surface area contributed by atoms with Gasteiger partial charge < -0.3 is 19.5 Å². The van der Waals surface area contributed by atoms with E-state index in [-0.39, 0.29) is 47.2 Å². The number of benzene rings is 2. The summed E-state index contributed by atoms with van der Waals surface area (Å²) in [6.45, 7) is 2.91. The Balaban J connectivity index is 1.54. The van der Waals surface area contributed by atoms with E-state index in [4.69, 9.17) is 4.74 Å². The molecule has 0 saturated heterocycles. The summed E-state index contributed by atoms with van der Waals surface area (Å²) in [5.41, 5.74) is 0.562. The first-order valence-electron chi connectivity index (χ1n) is 13.4. The van der Waals surface area contributed by atoms with E-state index < -0.39 is 40.7 Å². The molecule has 0 aliphatic carbocycles. The highest BCUT2D eigenvalue weighted by atomic mass is 32.2. The molecule has 3 rings (SSSR count). The van der Waals surface area contributed by atoms with E-state index in [9.17, 15) is 36.4 Å². The summed E-state index contributed by atoms with van der Waals surface area (Å²) in [4.78, 5) is 27.5. The van der Waals surface area contributed by atoms with Crippen molar-refractivity contribution in [3.05, 3.63) is 71.1 Å². The van der Waals surface area contributed by atoms with Gasteiger partial charge in [0.1, 0.15) is 0 Å². The van der Waals surface area contributed by atoms with Gasteiger partial charge in [-0.3, -0.25) is 4.79 Å². The van der Waals surface area contributed by atoms with Crippen LogP contribution in [0.1, 0.15) is 37.4 Å². The fourth-order valence-electron chi connectivity index (χ4n) is 3.63. The zero-order valence-electron chi connectivity index (χ0n) is 24.5. The number of nitrogens with one attached hydrogen (secondary N) is 1. The number of hydrogen-bond donors (Lipinski definition) is 1. The minimum Gasteiger partial charge on any atom is -0.569 e. The van der Waals surface area contributed by atoms with E-state index in [0.29, 0.717) is 12.0 Å². The lowest BCUT2D eigenvalue weighted by Gasteiger charge is -2.13. The smallest absolute Gasteiger partial charge is 0.435 e. The highest BCUT2D eigenvalue weighted by Gasteiger charge is 2.35. The number of aryl methyl sites for hydroxylation is 1. The molecule has 0 fully saturated rings.